The molecular weight excluding hydrogens is 300 g/mol. The van der Waals surface area contributed by atoms with Gasteiger partial charge in [0.05, 0.1) is 17.8 Å². The summed E-state index contributed by atoms with van der Waals surface area (Å²) in [5, 5.41) is 11.3. The van der Waals surface area contributed by atoms with E-state index in [1.165, 1.54) is 6.07 Å². The summed E-state index contributed by atoms with van der Waals surface area (Å²) in [6.45, 7) is 9.22. The molecule has 1 heterocycles. The van der Waals surface area contributed by atoms with E-state index in [1.54, 1.807) is 13.0 Å². The predicted molar refractivity (Wildman–Crippen MR) is 86.3 cm³/mol. The number of carbonyl (C=O) groups is 1. The fourth-order valence-electron chi connectivity index (χ4n) is 2.32. The molecule has 0 atom stereocenters. The fraction of sp³-hybridized carbons (Fsp3) is 0.562. The van der Waals surface area contributed by atoms with E-state index in [1.807, 2.05) is 27.7 Å². The Kier molecular flexibility index (Phi) is 4.85. The molecule has 23 heavy (non-hydrogen) atoms. The topological polar surface area (TPSA) is 67.8 Å². The lowest BCUT2D eigenvalue weighted by Gasteiger charge is -2.32. The van der Waals surface area contributed by atoms with Crippen molar-refractivity contribution in [3.8, 4) is 0 Å². The Morgan fingerprint density at radius 2 is 1.83 bits per heavy atom. The molecule has 2 N–H and O–H groups in total. The lowest BCUT2D eigenvalue weighted by Crippen LogP contribution is -2.41. The Hall–Kier alpha value is -1.44. The molecule has 0 aliphatic carbocycles. The Labute approximate surface area is 136 Å². The van der Waals surface area contributed by atoms with Crippen molar-refractivity contribution >= 4 is 18.5 Å². The van der Waals surface area contributed by atoms with E-state index in [2.05, 4.69) is 5.32 Å². The van der Waals surface area contributed by atoms with Crippen molar-refractivity contribution in [1.29, 1.82) is 0 Å². The van der Waals surface area contributed by atoms with Crippen LogP contribution in [0.3, 0.4) is 0 Å². The van der Waals surface area contributed by atoms with E-state index in [-0.39, 0.29) is 18.7 Å². The third-order valence-electron chi connectivity index (χ3n) is 4.55. The summed E-state index contributed by atoms with van der Waals surface area (Å²) in [6, 6.07) is 2.75. The van der Waals surface area contributed by atoms with Crippen LogP contribution in [0.1, 0.15) is 43.6 Å². The van der Waals surface area contributed by atoms with Crippen molar-refractivity contribution in [2.45, 2.75) is 45.8 Å². The highest BCUT2D eigenvalue weighted by molar-refractivity contribution is 6.62. The third kappa shape index (κ3) is 3.41. The second-order valence-electron chi connectivity index (χ2n) is 6.74. The van der Waals surface area contributed by atoms with E-state index < -0.39 is 30.0 Å². The number of benzene rings is 1. The molecule has 0 unspecified atom stereocenters. The van der Waals surface area contributed by atoms with Crippen LogP contribution in [-0.2, 0) is 9.31 Å². The second-order valence-corrected chi connectivity index (χ2v) is 6.74. The minimum absolute atomic E-state index is 0.111. The number of hydrogen-bond acceptors (Lipinski definition) is 4. The monoisotopic (exact) mass is 323 g/mol. The van der Waals surface area contributed by atoms with E-state index in [9.17, 15) is 9.18 Å². The van der Waals surface area contributed by atoms with E-state index in [0.717, 1.165) is 0 Å². The van der Waals surface area contributed by atoms with Crippen molar-refractivity contribution in [3.05, 3.63) is 29.1 Å². The van der Waals surface area contributed by atoms with Crippen LogP contribution >= 0.6 is 0 Å². The van der Waals surface area contributed by atoms with Gasteiger partial charge in [-0.2, -0.15) is 0 Å². The maximum atomic E-state index is 14.2. The molecule has 1 aliphatic rings. The highest BCUT2D eigenvalue weighted by atomic mass is 19.1. The molecule has 0 bridgehead atoms. The molecule has 0 radical (unpaired) electrons. The Morgan fingerprint density at radius 3 is 2.35 bits per heavy atom. The number of hydrogen-bond donors (Lipinski definition) is 2. The van der Waals surface area contributed by atoms with E-state index in [4.69, 9.17) is 14.4 Å². The maximum absolute atomic E-state index is 14.2. The number of rotatable bonds is 4. The summed E-state index contributed by atoms with van der Waals surface area (Å²) in [5.74, 6) is -0.943. The largest absolute Gasteiger partial charge is 0.495 e. The minimum atomic E-state index is -0.736. The molecule has 0 aromatic heterocycles. The molecule has 0 spiro atoms. The van der Waals surface area contributed by atoms with Crippen LogP contribution < -0.4 is 10.8 Å². The van der Waals surface area contributed by atoms with Gasteiger partial charge in [0, 0.05) is 12.1 Å². The smallest absolute Gasteiger partial charge is 0.399 e. The van der Waals surface area contributed by atoms with Gasteiger partial charge >= 0.3 is 7.12 Å². The van der Waals surface area contributed by atoms with Gasteiger partial charge in [-0.05, 0) is 57.8 Å². The minimum Gasteiger partial charge on any atom is -0.399 e. The van der Waals surface area contributed by atoms with Crippen LogP contribution in [0.15, 0.2) is 12.1 Å². The first-order valence-electron chi connectivity index (χ1n) is 7.64. The average Bonchev–Trinajstić information content (AvgIpc) is 2.67. The Balaban J connectivity index is 2.36. The molecule has 0 saturated carbocycles. The van der Waals surface area contributed by atoms with Gasteiger partial charge in [-0.15, -0.1) is 0 Å². The van der Waals surface area contributed by atoms with Crippen LogP contribution in [0.5, 0.6) is 0 Å². The quantitative estimate of drug-likeness (QED) is 0.816. The highest BCUT2D eigenvalue weighted by Crippen LogP contribution is 2.36. The van der Waals surface area contributed by atoms with Gasteiger partial charge in [0.2, 0.25) is 0 Å². The van der Waals surface area contributed by atoms with Gasteiger partial charge in [0.25, 0.3) is 5.91 Å². The van der Waals surface area contributed by atoms with Gasteiger partial charge in [-0.25, -0.2) is 4.39 Å². The molecule has 1 fully saturated rings. The number of nitrogens with one attached hydrogen (secondary N) is 1. The Morgan fingerprint density at radius 1 is 1.26 bits per heavy atom. The summed E-state index contributed by atoms with van der Waals surface area (Å²) in [6.07, 6.45) is 0. The molecule has 1 amide bonds. The number of amides is 1. The second kappa shape index (κ2) is 6.22. The van der Waals surface area contributed by atoms with Crippen LogP contribution in [-0.4, -0.2) is 42.5 Å². The molecule has 1 saturated heterocycles. The summed E-state index contributed by atoms with van der Waals surface area (Å²) in [7, 11) is -0.736. The molecule has 126 valence electrons. The number of aliphatic hydroxyl groups excluding tert-OH is 1. The first-order valence-corrected chi connectivity index (χ1v) is 7.64. The van der Waals surface area contributed by atoms with Crippen LogP contribution in [0.25, 0.3) is 0 Å². The lowest BCUT2D eigenvalue weighted by atomic mass is 9.75. The first-order chi connectivity index (χ1) is 10.6. The molecule has 7 heteroatoms. The third-order valence-corrected chi connectivity index (χ3v) is 4.55. The van der Waals surface area contributed by atoms with Crippen molar-refractivity contribution in [2.24, 2.45) is 0 Å². The molecule has 1 aromatic rings. The first kappa shape index (κ1) is 17.9. The Bertz CT molecular complexity index is 602. The lowest BCUT2D eigenvalue weighted by molar-refractivity contribution is 0.00578. The van der Waals surface area contributed by atoms with Gasteiger partial charge < -0.3 is 19.7 Å². The maximum Gasteiger partial charge on any atom is 0.495 e. The molecular formula is C16H23BFNO4. The van der Waals surface area contributed by atoms with Gasteiger partial charge in [0.15, 0.2) is 0 Å². The normalized spacial score (nSPS) is 19.0. The van der Waals surface area contributed by atoms with Gasteiger partial charge in [-0.1, -0.05) is 0 Å². The van der Waals surface area contributed by atoms with Gasteiger partial charge in [-0.3, -0.25) is 4.79 Å². The van der Waals surface area contributed by atoms with Crippen LogP contribution in [0.2, 0.25) is 0 Å². The zero-order valence-electron chi connectivity index (χ0n) is 14.2. The average molecular weight is 323 g/mol. The van der Waals surface area contributed by atoms with Crippen molar-refractivity contribution in [2.75, 3.05) is 13.2 Å². The van der Waals surface area contributed by atoms with E-state index >= 15 is 0 Å². The summed E-state index contributed by atoms with van der Waals surface area (Å²) in [5.41, 5.74) is -0.0304. The van der Waals surface area contributed by atoms with Crippen LogP contribution in [0.4, 0.5) is 4.39 Å². The van der Waals surface area contributed by atoms with Crippen molar-refractivity contribution < 1.29 is 23.6 Å². The standard InChI is InChI=1S/C16H23BFNO4/c1-10-12(17-22-15(2,3)16(4,5)23-17)8-11(9-13(10)18)14(21)19-6-7-20/h8-9,20H,6-7H2,1-5H3,(H,19,21). The summed E-state index contributed by atoms with van der Waals surface area (Å²) in [4.78, 5) is 12.0. The SMILES string of the molecule is Cc1c(F)cc(C(=O)NCCO)cc1B1OC(C)(C)C(C)(C)O1. The zero-order chi connectivity index (χ0) is 17.4. The molecule has 1 aliphatic heterocycles. The number of carbonyl (C=O) groups excluding carboxylic acids is 1. The van der Waals surface area contributed by atoms with Crippen molar-refractivity contribution in [1.82, 2.24) is 5.32 Å². The van der Waals surface area contributed by atoms with E-state index in [0.29, 0.717) is 11.0 Å². The molecule has 2 rings (SSSR count). The number of aliphatic hydroxyl groups is 1. The zero-order valence-corrected chi connectivity index (χ0v) is 14.2. The predicted octanol–water partition coefficient (Wildman–Crippen LogP) is 1.16. The summed E-state index contributed by atoms with van der Waals surface area (Å²) < 4.78 is 26.1. The fourth-order valence-corrected chi connectivity index (χ4v) is 2.32. The molecule has 5 nitrogen and oxygen atoms in total. The highest BCUT2D eigenvalue weighted by Gasteiger charge is 2.52. The van der Waals surface area contributed by atoms with Crippen molar-refractivity contribution in [3.63, 3.8) is 0 Å². The molecule has 1 aromatic carbocycles. The van der Waals surface area contributed by atoms with Gasteiger partial charge in [0.1, 0.15) is 5.82 Å². The summed E-state index contributed by atoms with van der Waals surface area (Å²) >= 11 is 0. The number of halogens is 1. The van der Waals surface area contributed by atoms with Crippen LogP contribution in [0, 0.1) is 12.7 Å².